The van der Waals surface area contributed by atoms with Crippen LogP contribution >= 0.6 is 11.8 Å². The van der Waals surface area contributed by atoms with Gasteiger partial charge in [-0.1, -0.05) is 6.42 Å². The molecule has 0 aromatic heterocycles. The predicted molar refractivity (Wildman–Crippen MR) is 106 cm³/mol. The zero-order chi connectivity index (χ0) is 22.3. The minimum absolute atomic E-state index is 0.0500. The number of aliphatic carboxylic acids is 1. The maximum absolute atomic E-state index is 13.4. The number of carbonyl (C=O) groups is 5. The van der Waals surface area contributed by atoms with E-state index in [1.54, 1.807) is 0 Å². The van der Waals surface area contributed by atoms with Crippen molar-refractivity contribution in [3.8, 4) is 0 Å². The van der Waals surface area contributed by atoms with Crippen LogP contribution in [0, 0.1) is 0 Å². The molecule has 0 unspecified atom stereocenters. The molecule has 2 saturated heterocycles. The quantitative estimate of drug-likeness (QED) is 0.0892. The molecule has 4 atom stereocenters. The van der Waals surface area contributed by atoms with Crippen LogP contribution in [0.25, 0.3) is 0 Å². The molecule has 2 heterocycles. The largest absolute Gasteiger partial charge is 0.481 e. The van der Waals surface area contributed by atoms with Gasteiger partial charge in [0.05, 0.1) is 25.2 Å². The number of hydrazine groups is 1. The van der Waals surface area contributed by atoms with Gasteiger partial charge in [-0.3, -0.25) is 19.8 Å². The zero-order valence-corrected chi connectivity index (χ0v) is 17.4. The molecule has 2 rings (SSSR count). The topological polar surface area (TPSA) is 177 Å². The molecule has 2 fully saturated rings. The first-order valence-corrected chi connectivity index (χ1v) is 10.5. The monoisotopic (exact) mass is 445 g/mol. The number of thioether (sulfide) groups is 1. The summed E-state index contributed by atoms with van der Waals surface area (Å²) in [6, 6.07) is -2.53. The lowest BCUT2D eigenvalue weighted by molar-refractivity contribution is -0.147. The third kappa shape index (κ3) is 5.21. The van der Waals surface area contributed by atoms with Gasteiger partial charge in [0.2, 0.25) is 0 Å². The summed E-state index contributed by atoms with van der Waals surface area (Å²) in [6.07, 6.45) is 1.33. The predicted octanol–water partition coefficient (Wildman–Crippen LogP) is -2.19. The Morgan fingerprint density at radius 3 is 2.70 bits per heavy atom. The Bertz CT molecular complexity index is 693. The van der Waals surface area contributed by atoms with E-state index in [4.69, 9.17) is 5.11 Å². The van der Waals surface area contributed by atoms with Gasteiger partial charge >= 0.3 is 12.0 Å². The molecule has 0 aromatic carbocycles. The van der Waals surface area contributed by atoms with Crippen molar-refractivity contribution in [3.63, 3.8) is 0 Å². The summed E-state index contributed by atoms with van der Waals surface area (Å²) in [4.78, 5) is 59.7. The molecule has 4 amide bonds. The fourth-order valence-corrected chi connectivity index (χ4v) is 5.23. The molecule has 0 saturated carbocycles. The summed E-state index contributed by atoms with van der Waals surface area (Å²) in [5.74, 6) is -1.70. The molecule has 0 aliphatic carbocycles. The molecule has 6 N–H and O–H groups in total. The minimum atomic E-state index is -1.27. The Morgan fingerprint density at radius 2 is 2.10 bits per heavy atom. The van der Waals surface area contributed by atoms with E-state index in [-0.39, 0.29) is 25.4 Å². The van der Waals surface area contributed by atoms with E-state index in [2.05, 4.69) is 21.4 Å². The van der Waals surface area contributed by atoms with Crippen molar-refractivity contribution < 1.29 is 34.2 Å². The van der Waals surface area contributed by atoms with Gasteiger partial charge in [-0.05, 0) is 19.9 Å². The number of fused-ring (bicyclic) bond motifs is 1. The number of aldehydes is 1. The number of aliphatic hydroxyl groups excluding tert-OH is 1. The lowest BCUT2D eigenvalue weighted by Gasteiger charge is -2.36. The number of hydrogen-bond donors (Lipinski definition) is 6. The van der Waals surface area contributed by atoms with E-state index >= 15 is 0 Å². The van der Waals surface area contributed by atoms with Crippen LogP contribution in [0.1, 0.15) is 25.7 Å². The average Bonchev–Trinajstić information content (AvgIpc) is 3.23. The van der Waals surface area contributed by atoms with E-state index in [0.717, 1.165) is 5.01 Å². The summed E-state index contributed by atoms with van der Waals surface area (Å²) in [7, 11) is 1.52. The van der Waals surface area contributed by atoms with Crippen molar-refractivity contribution in [2.75, 3.05) is 26.0 Å². The fourth-order valence-electron chi connectivity index (χ4n) is 3.61. The maximum atomic E-state index is 13.4. The molecular formula is C17H27N5O7S. The highest BCUT2D eigenvalue weighted by Gasteiger charge is 2.58. The van der Waals surface area contributed by atoms with Crippen molar-refractivity contribution in [1.82, 2.24) is 26.4 Å². The second-order valence-corrected chi connectivity index (χ2v) is 8.47. The molecule has 30 heavy (non-hydrogen) atoms. The zero-order valence-electron chi connectivity index (χ0n) is 16.6. The van der Waals surface area contributed by atoms with Crippen LogP contribution in [-0.2, 0) is 19.2 Å². The first kappa shape index (κ1) is 23.9. The Hall–Kier alpha value is -2.38. The van der Waals surface area contributed by atoms with Gasteiger partial charge in [0.15, 0.2) is 0 Å². The first-order chi connectivity index (χ1) is 14.3. The van der Waals surface area contributed by atoms with Gasteiger partial charge in [-0.25, -0.2) is 9.80 Å². The lowest BCUT2D eigenvalue weighted by atomic mass is 9.88. The first-order valence-electron chi connectivity index (χ1n) is 9.55. The SMILES string of the molecule is CNCC(=O)N(NC(=O)[C@@]1(CCCCC(=O)O)SC[C@@H]2NC(=O)N[C@@H]21)[C@H](C=O)CO. The summed E-state index contributed by atoms with van der Waals surface area (Å²) < 4.78 is -1.16. The number of unbranched alkanes of at least 4 members (excludes halogenated alkanes) is 1. The number of hydrogen-bond acceptors (Lipinski definition) is 8. The van der Waals surface area contributed by atoms with Gasteiger partial charge in [-0.15, -0.1) is 11.8 Å². The molecule has 0 radical (unpaired) electrons. The average molecular weight is 445 g/mol. The number of carboxylic acids is 1. The molecule has 168 valence electrons. The maximum Gasteiger partial charge on any atom is 0.315 e. The van der Waals surface area contributed by atoms with Crippen molar-refractivity contribution in [3.05, 3.63) is 0 Å². The number of amides is 4. The Balaban J connectivity index is 2.24. The fraction of sp³-hybridized carbons (Fsp3) is 0.706. The Labute approximate surface area is 177 Å². The number of carbonyl (C=O) groups excluding carboxylic acids is 4. The number of rotatable bonds is 11. The third-order valence-electron chi connectivity index (χ3n) is 5.10. The van der Waals surface area contributed by atoms with Gasteiger partial charge in [0.1, 0.15) is 17.1 Å². The van der Waals surface area contributed by atoms with E-state index < -0.39 is 47.3 Å². The summed E-state index contributed by atoms with van der Waals surface area (Å²) in [5.41, 5.74) is 2.46. The number of carboxylic acid groups (broad SMARTS) is 1. The second-order valence-electron chi connectivity index (χ2n) is 7.12. The van der Waals surface area contributed by atoms with E-state index in [9.17, 15) is 29.1 Å². The molecule has 0 aromatic rings. The summed E-state index contributed by atoms with van der Waals surface area (Å²) >= 11 is 1.30. The Kier molecular flexibility index (Phi) is 8.43. The van der Waals surface area contributed by atoms with Gasteiger partial charge < -0.3 is 31.0 Å². The van der Waals surface area contributed by atoms with Crippen LogP contribution in [0.15, 0.2) is 0 Å². The number of likely N-dealkylation sites (N-methyl/N-ethyl adjacent to an activating group) is 1. The molecular weight excluding hydrogens is 418 g/mol. The minimum Gasteiger partial charge on any atom is -0.481 e. The van der Waals surface area contributed by atoms with Crippen LogP contribution in [0.4, 0.5) is 4.79 Å². The van der Waals surface area contributed by atoms with Crippen molar-refractivity contribution >= 4 is 41.9 Å². The van der Waals surface area contributed by atoms with Crippen LogP contribution in [0.5, 0.6) is 0 Å². The van der Waals surface area contributed by atoms with Crippen molar-refractivity contribution in [2.24, 2.45) is 0 Å². The molecule has 13 heteroatoms. The Morgan fingerprint density at radius 1 is 1.37 bits per heavy atom. The number of nitrogens with zero attached hydrogens (tertiary/aromatic N) is 1. The highest BCUT2D eigenvalue weighted by atomic mass is 32.2. The number of nitrogens with one attached hydrogen (secondary N) is 4. The van der Waals surface area contributed by atoms with Crippen LogP contribution in [0.2, 0.25) is 0 Å². The molecule has 2 aliphatic rings. The van der Waals surface area contributed by atoms with E-state index in [1.807, 2.05) is 0 Å². The van der Waals surface area contributed by atoms with Crippen molar-refractivity contribution in [2.45, 2.75) is 48.6 Å². The van der Waals surface area contributed by atoms with Crippen LogP contribution < -0.4 is 21.4 Å². The van der Waals surface area contributed by atoms with Crippen LogP contribution in [0.3, 0.4) is 0 Å². The van der Waals surface area contributed by atoms with Gasteiger partial charge in [0.25, 0.3) is 11.8 Å². The van der Waals surface area contributed by atoms with E-state index in [1.165, 1.54) is 18.8 Å². The molecule has 12 nitrogen and oxygen atoms in total. The van der Waals surface area contributed by atoms with Gasteiger partial charge in [0, 0.05) is 12.2 Å². The van der Waals surface area contributed by atoms with Gasteiger partial charge in [-0.2, -0.15) is 0 Å². The van der Waals surface area contributed by atoms with E-state index in [0.29, 0.717) is 24.9 Å². The van der Waals surface area contributed by atoms with Crippen LogP contribution in [-0.4, -0.2) is 94.1 Å². The smallest absolute Gasteiger partial charge is 0.315 e. The lowest BCUT2D eigenvalue weighted by Crippen LogP contribution is -2.63. The third-order valence-corrected chi connectivity index (χ3v) is 6.78. The second kappa shape index (κ2) is 10.6. The number of urea groups is 1. The number of aliphatic hydroxyl groups is 1. The van der Waals surface area contributed by atoms with Crippen molar-refractivity contribution in [1.29, 1.82) is 0 Å². The normalized spacial score (nSPS) is 25.6. The molecule has 2 aliphatic heterocycles. The highest BCUT2D eigenvalue weighted by Crippen LogP contribution is 2.44. The standard InChI is InChI=1S/C17H27N5O7S/c1-18-6-12(25)22(10(7-23)8-24)21-15(28)17(5-3-2-4-13(26)27)14-11(9-30-17)19-16(29)20-14/h7,10-11,14,18,24H,2-6,8-9H2,1H3,(H,21,28)(H,26,27)(H2,19,20,29)/t10-,11+,14+,17+/m1/s1. The summed E-state index contributed by atoms with van der Waals surface area (Å²) in [5, 5.41) is 27.2. The molecule has 0 spiro atoms. The molecule has 0 bridgehead atoms. The highest BCUT2D eigenvalue weighted by molar-refractivity contribution is 8.01. The summed E-state index contributed by atoms with van der Waals surface area (Å²) in [6.45, 7) is -0.851.